The smallest absolute Gasteiger partial charge is 0.237 e. The Hall–Kier alpha value is -3.06. The van der Waals surface area contributed by atoms with E-state index in [1.807, 2.05) is 0 Å². The lowest BCUT2D eigenvalue weighted by atomic mass is 10.2. The topological polar surface area (TPSA) is 110 Å². The van der Waals surface area contributed by atoms with Crippen LogP contribution in [0.15, 0.2) is 23.3 Å². The van der Waals surface area contributed by atoms with Crippen molar-refractivity contribution in [1.82, 2.24) is 0 Å². The maximum atomic E-state index is 11.7. The van der Waals surface area contributed by atoms with Crippen molar-refractivity contribution in [2.24, 2.45) is 11.0 Å². The lowest BCUT2D eigenvalue weighted by Crippen LogP contribution is -2.18. The number of amides is 1. The number of hydrazone groups is 1. The largest absolute Gasteiger partial charge is 0.494 e. The van der Waals surface area contributed by atoms with Gasteiger partial charge in [-0.3, -0.25) is 10.2 Å². The predicted octanol–water partition coefficient (Wildman–Crippen LogP) is 2.10. The van der Waals surface area contributed by atoms with E-state index in [4.69, 9.17) is 15.3 Å². The second kappa shape index (κ2) is 7.51. The van der Waals surface area contributed by atoms with Crippen molar-refractivity contribution in [2.75, 3.05) is 17.9 Å². The summed E-state index contributed by atoms with van der Waals surface area (Å²) in [6, 6.07) is 8.18. The van der Waals surface area contributed by atoms with Gasteiger partial charge in [0.2, 0.25) is 11.6 Å². The average Bonchev–Trinajstić information content (AvgIpc) is 2.49. The zero-order valence-corrected chi connectivity index (χ0v) is 12.0. The van der Waals surface area contributed by atoms with Gasteiger partial charge in [0.05, 0.1) is 18.5 Å². The molecular formula is C14H15N5O2. The molecule has 0 aromatic heterocycles. The summed E-state index contributed by atoms with van der Waals surface area (Å²) >= 11 is 0. The molecular weight excluding hydrogens is 270 g/mol. The molecule has 1 aromatic rings. The van der Waals surface area contributed by atoms with Crippen molar-refractivity contribution in [2.45, 2.75) is 13.8 Å². The van der Waals surface area contributed by atoms with Crippen LogP contribution in [-0.2, 0) is 4.79 Å². The summed E-state index contributed by atoms with van der Waals surface area (Å²) < 4.78 is 5.19. The van der Waals surface area contributed by atoms with Crippen molar-refractivity contribution in [3.8, 4) is 17.9 Å². The minimum absolute atomic E-state index is 0.122. The molecule has 0 bridgehead atoms. The van der Waals surface area contributed by atoms with Gasteiger partial charge in [0.25, 0.3) is 0 Å². The molecule has 1 aromatic carbocycles. The molecule has 0 aliphatic carbocycles. The lowest BCUT2D eigenvalue weighted by Gasteiger charge is -2.13. The number of carbonyl (C=O) groups excluding carboxylic acids is 1. The maximum absolute atomic E-state index is 11.7. The average molecular weight is 285 g/mol. The molecule has 0 saturated carbocycles. The molecule has 0 aliphatic rings. The Bertz CT molecular complexity index is 622. The maximum Gasteiger partial charge on any atom is 0.237 e. The number of nitrogens with one attached hydrogen (secondary N) is 2. The molecule has 0 atom stereocenters. The molecule has 0 fully saturated rings. The highest BCUT2D eigenvalue weighted by molar-refractivity contribution is 6.10. The monoisotopic (exact) mass is 285 g/mol. The molecule has 7 heteroatoms. The normalized spacial score (nSPS) is 9.24. The number of methoxy groups -OCH3 is 1. The highest BCUT2D eigenvalue weighted by Gasteiger charge is 2.11. The number of carbonyl (C=O) groups is 1. The van der Waals surface area contributed by atoms with Gasteiger partial charge in [0.15, 0.2) is 0 Å². The summed E-state index contributed by atoms with van der Waals surface area (Å²) in [4.78, 5) is 11.7. The number of ether oxygens (including phenoxy) is 1. The molecule has 0 heterocycles. The molecule has 0 spiro atoms. The van der Waals surface area contributed by atoms with Crippen LogP contribution < -0.4 is 15.5 Å². The van der Waals surface area contributed by atoms with Crippen LogP contribution in [0, 0.1) is 28.6 Å². The van der Waals surface area contributed by atoms with E-state index in [1.54, 1.807) is 44.2 Å². The van der Waals surface area contributed by atoms with Gasteiger partial charge in [-0.15, -0.1) is 0 Å². The zero-order chi connectivity index (χ0) is 15.8. The molecule has 108 valence electrons. The summed E-state index contributed by atoms with van der Waals surface area (Å²) in [6.45, 7) is 3.58. The second-order valence-electron chi connectivity index (χ2n) is 4.35. The minimum Gasteiger partial charge on any atom is -0.494 e. The fourth-order valence-electron chi connectivity index (χ4n) is 1.34. The molecule has 7 nitrogen and oxygen atoms in total. The van der Waals surface area contributed by atoms with Crippen molar-refractivity contribution in [3.63, 3.8) is 0 Å². The summed E-state index contributed by atoms with van der Waals surface area (Å²) in [5, 5.41) is 23.5. The van der Waals surface area contributed by atoms with Crippen LogP contribution >= 0.6 is 0 Å². The number of rotatable bonds is 5. The Morgan fingerprint density at radius 2 is 2.00 bits per heavy atom. The SMILES string of the molecule is COc1cc(NN=C(C#N)C#N)ccc1NC(=O)C(C)C. The Morgan fingerprint density at radius 1 is 1.33 bits per heavy atom. The lowest BCUT2D eigenvalue weighted by molar-refractivity contribution is -0.118. The second-order valence-corrected chi connectivity index (χ2v) is 4.35. The number of hydrogen-bond acceptors (Lipinski definition) is 6. The number of benzene rings is 1. The summed E-state index contributed by atoms with van der Waals surface area (Å²) in [6.07, 6.45) is 0. The van der Waals surface area contributed by atoms with Crippen LogP contribution in [0.2, 0.25) is 0 Å². The van der Waals surface area contributed by atoms with Gasteiger partial charge in [-0.05, 0) is 12.1 Å². The van der Waals surface area contributed by atoms with Gasteiger partial charge in [-0.1, -0.05) is 13.8 Å². The summed E-state index contributed by atoms with van der Waals surface area (Å²) in [5.74, 6) is 0.175. The summed E-state index contributed by atoms with van der Waals surface area (Å²) in [5.41, 5.74) is 3.35. The highest BCUT2D eigenvalue weighted by Crippen LogP contribution is 2.28. The molecule has 0 aliphatic heterocycles. The van der Waals surface area contributed by atoms with Crippen molar-refractivity contribution >= 4 is 23.0 Å². The fraction of sp³-hybridized carbons (Fsp3) is 0.286. The van der Waals surface area contributed by atoms with Crippen molar-refractivity contribution < 1.29 is 9.53 Å². The molecule has 0 unspecified atom stereocenters. The van der Waals surface area contributed by atoms with Gasteiger partial charge in [-0.2, -0.15) is 15.6 Å². The van der Waals surface area contributed by atoms with Crippen LogP contribution in [0.3, 0.4) is 0 Å². The third kappa shape index (κ3) is 4.51. The van der Waals surface area contributed by atoms with E-state index in [1.165, 1.54) is 7.11 Å². The van der Waals surface area contributed by atoms with Crippen LogP contribution in [0.4, 0.5) is 11.4 Å². The number of anilines is 2. The standard InChI is InChI=1S/C14H15N5O2/c1-9(2)14(20)17-12-5-4-10(6-13(12)21-3)18-19-11(7-15)8-16/h4-6,9,18H,1-3H3,(H,17,20). The fourth-order valence-corrected chi connectivity index (χ4v) is 1.34. The highest BCUT2D eigenvalue weighted by atomic mass is 16.5. The van der Waals surface area contributed by atoms with Gasteiger partial charge in [0, 0.05) is 12.0 Å². The van der Waals surface area contributed by atoms with Gasteiger partial charge in [-0.25, -0.2) is 0 Å². The van der Waals surface area contributed by atoms with Crippen LogP contribution in [0.25, 0.3) is 0 Å². The Morgan fingerprint density at radius 3 is 2.52 bits per heavy atom. The third-order valence-corrected chi connectivity index (χ3v) is 2.49. The van der Waals surface area contributed by atoms with E-state index in [9.17, 15) is 4.79 Å². The molecule has 1 rings (SSSR count). The molecule has 2 N–H and O–H groups in total. The van der Waals surface area contributed by atoms with Gasteiger partial charge in [0.1, 0.15) is 17.9 Å². The van der Waals surface area contributed by atoms with Gasteiger partial charge < -0.3 is 10.1 Å². The number of hydrogen-bond donors (Lipinski definition) is 2. The molecule has 21 heavy (non-hydrogen) atoms. The predicted molar refractivity (Wildman–Crippen MR) is 78.7 cm³/mol. The molecule has 0 saturated heterocycles. The van der Waals surface area contributed by atoms with E-state index in [0.29, 0.717) is 17.1 Å². The van der Waals surface area contributed by atoms with Crippen molar-refractivity contribution in [1.29, 1.82) is 10.5 Å². The van der Waals surface area contributed by atoms with E-state index in [2.05, 4.69) is 15.8 Å². The summed E-state index contributed by atoms with van der Waals surface area (Å²) in [7, 11) is 1.48. The first kappa shape index (κ1) is 16.0. The first-order valence-corrected chi connectivity index (χ1v) is 6.14. The van der Waals surface area contributed by atoms with Crippen molar-refractivity contribution in [3.05, 3.63) is 18.2 Å². The Kier molecular flexibility index (Phi) is 5.72. The van der Waals surface area contributed by atoms with Crippen LogP contribution in [0.5, 0.6) is 5.75 Å². The number of nitrogens with zero attached hydrogens (tertiary/aromatic N) is 3. The van der Waals surface area contributed by atoms with E-state index >= 15 is 0 Å². The van der Waals surface area contributed by atoms with Crippen LogP contribution in [-0.4, -0.2) is 18.7 Å². The quantitative estimate of drug-likeness (QED) is 0.635. The minimum atomic E-state index is -0.286. The Labute approximate surface area is 122 Å². The van der Waals surface area contributed by atoms with E-state index in [0.717, 1.165) is 0 Å². The molecule has 1 amide bonds. The first-order chi connectivity index (χ1) is 10.0. The first-order valence-electron chi connectivity index (χ1n) is 6.14. The number of nitriles is 2. The third-order valence-electron chi connectivity index (χ3n) is 2.49. The van der Waals surface area contributed by atoms with Gasteiger partial charge >= 0.3 is 0 Å². The van der Waals surface area contributed by atoms with Crippen LogP contribution in [0.1, 0.15) is 13.8 Å². The molecule has 0 radical (unpaired) electrons. The zero-order valence-electron chi connectivity index (χ0n) is 12.0. The Balaban J connectivity index is 2.94. The van der Waals surface area contributed by atoms with E-state index in [-0.39, 0.29) is 17.5 Å². The van der Waals surface area contributed by atoms with E-state index < -0.39 is 0 Å².